The number of aliphatic carboxylic acids is 1. The molecule has 3 unspecified atom stereocenters. The van der Waals surface area contributed by atoms with E-state index in [0.717, 1.165) is 32.1 Å². The number of aliphatic hydroxyl groups excluding tert-OH is 2. The molecule has 5 aliphatic rings. The Labute approximate surface area is 211 Å². The molecular weight excluding hydrogens is 440 g/mol. The highest BCUT2D eigenvalue weighted by molar-refractivity contribution is 5.77. The molecule has 0 aromatic carbocycles. The summed E-state index contributed by atoms with van der Waals surface area (Å²) in [7, 11) is 0. The molecule has 5 heteroatoms. The second-order valence-electron chi connectivity index (χ2n) is 14.9. The molecule has 4 N–H and O–H groups in total. The van der Waals surface area contributed by atoms with Crippen LogP contribution >= 0.6 is 0 Å². The van der Waals surface area contributed by atoms with Crippen LogP contribution in [0.1, 0.15) is 99.8 Å². The molecule has 0 aromatic rings. The fourth-order valence-corrected chi connectivity index (χ4v) is 11.0. The Morgan fingerprint density at radius 1 is 0.943 bits per heavy atom. The monoisotopic (exact) mass is 488 g/mol. The molecule has 0 aliphatic heterocycles. The molecule has 0 spiro atoms. The third kappa shape index (κ3) is 2.90. The maximum Gasteiger partial charge on any atom is 0.310 e. The van der Waals surface area contributed by atoms with Gasteiger partial charge in [-0.15, -0.1) is 0 Å². The van der Waals surface area contributed by atoms with E-state index >= 15 is 0 Å². The quantitative estimate of drug-likeness (QED) is 0.382. The van der Waals surface area contributed by atoms with E-state index in [1.54, 1.807) is 0 Å². The molecule has 35 heavy (non-hydrogen) atoms. The van der Waals surface area contributed by atoms with E-state index in [0.29, 0.717) is 31.1 Å². The van der Waals surface area contributed by atoms with E-state index in [9.17, 15) is 25.2 Å². The van der Waals surface area contributed by atoms with Crippen molar-refractivity contribution in [2.45, 2.75) is 118 Å². The molecule has 0 saturated heterocycles. The zero-order chi connectivity index (χ0) is 26.0. The predicted molar refractivity (Wildman–Crippen MR) is 135 cm³/mol. The first kappa shape index (κ1) is 25.7. The standard InChI is InChI=1S/C30H48O5/c1-17-10-13-30(24(33)34)15-14-27(5)18(22(30)29(17,7)35)8-9-21-26(4)16-19(31)23(32)25(2,3)20(26)11-12-28(21,27)6/h8,17,19-23,31-32,35H,9-16H2,1-7H3,(H,33,34)/t17-,19-,20?,21?,22?,23-,26+,27-,28-,29-,30+/m0/s1. The first-order chi connectivity index (χ1) is 16.0. The van der Waals surface area contributed by atoms with Gasteiger partial charge in [-0.25, -0.2) is 0 Å². The fraction of sp³-hybridized carbons (Fsp3) is 0.900. The number of carbonyl (C=O) groups is 1. The molecule has 0 aromatic heterocycles. The molecule has 4 fully saturated rings. The highest BCUT2D eigenvalue weighted by Gasteiger charge is 2.71. The molecule has 5 nitrogen and oxygen atoms in total. The van der Waals surface area contributed by atoms with Crippen LogP contribution in [0.4, 0.5) is 0 Å². The lowest BCUT2D eigenvalue weighted by atomic mass is 9.33. The molecule has 0 heterocycles. The molecule has 4 saturated carbocycles. The van der Waals surface area contributed by atoms with E-state index in [2.05, 4.69) is 47.6 Å². The van der Waals surface area contributed by atoms with Crippen LogP contribution in [0.5, 0.6) is 0 Å². The Morgan fingerprint density at radius 2 is 1.60 bits per heavy atom. The minimum absolute atomic E-state index is 0.0535. The molecule has 11 atom stereocenters. The highest BCUT2D eigenvalue weighted by atomic mass is 16.4. The van der Waals surface area contributed by atoms with Gasteiger partial charge in [0.05, 0.1) is 23.2 Å². The SMILES string of the molecule is C[C@H]1CC[C@@]2(C(=O)O)CC[C@@]3(C)C(=CCC4[C@]5(C)C[C@H](O)[C@H](O)C(C)(C)C5CC[C@@]43C)C2[C@@]1(C)O. The minimum Gasteiger partial charge on any atom is -0.481 e. The maximum absolute atomic E-state index is 12.8. The van der Waals surface area contributed by atoms with Crippen LogP contribution in [0.3, 0.4) is 0 Å². The second kappa shape index (κ2) is 7.35. The number of hydrogen-bond acceptors (Lipinski definition) is 4. The average Bonchev–Trinajstić information content (AvgIpc) is 2.75. The predicted octanol–water partition coefficient (Wildman–Crippen LogP) is 5.18. The zero-order valence-electron chi connectivity index (χ0n) is 22.9. The molecule has 5 aliphatic carbocycles. The van der Waals surface area contributed by atoms with Gasteiger partial charge >= 0.3 is 5.97 Å². The summed E-state index contributed by atoms with van der Waals surface area (Å²) in [6.07, 6.45) is 7.21. The van der Waals surface area contributed by atoms with Gasteiger partial charge in [-0.05, 0) is 97.7 Å². The molecule has 0 radical (unpaired) electrons. The van der Waals surface area contributed by atoms with Crippen LogP contribution in [-0.2, 0) is 4.79 Å². The summed E-state index contributed by atoms with van der Waals surface area (Å²) in [5, 5.41) is 44.3. The number of fused-ring (bicyclic) bond motifs is 7. The van der Waals surface area contributed by atoms with Crippen molar-refractivity contribution in [3.8, 4) is 0 Å². The van der Waals surface area contributed by atoms with Gasteiger partial charge in [0.25, 0.3) is 0 Å². The van der Waals surface area contributed by atoms with E-state index in [1.807, 2.05) is 6.92 Å². The number of carboxylic acids is 1. The van der Waals surface area contributed by atoms with E-state index in [4.69, 9.17) is 0 Å². The van der Waals surface area contributed by atoms with Crippen LogP contribution in [0.25, 0.3) is 0 Å². The lowest BCUT2D eigenvalue weighted by Gasteiger charge is -2.72. The second-order valence-corrected chi connectivity index (χ2v) is 14.9. The number of aliphatic hydroxyl groups is 3. The number of allylic oxidation sites excluding steroid dienone is 1. The van der Waals surface area contributed by atoms with E-state index in [-0.39, 0.29) is 33.5 Å². The van der Waals surface area contributed by atoms with E-state index < -0.39 is 29.2 Å². The van der Waals surface area contributed by atoms with Gasteiger partial charge in [0, 0.05) is 5.92 Å². The van der Waals surface area contributed by atoms with Crippen molar-refractivity contribution in [2.24, 2.45) is 50.7 Å². The number of carboxylic acid groups (broad SMARTS) is 1. The van der Waals surface area contributed by atoms with Gasteiger partial charge in [0.1, 0.15) is 0 Å². The third-order valence-electron chi connectivity index (χ3n) is 13.4. The first-order valence-corrected chi connectivity index (χ1v) is 14.0. The molecular formula is C30H48O5. The summed E-state index contributed by atoms with van der Waals surface area (Å²) in [6, 6.07) is 0. The smallest absolute Gasteiger partial charge is 0.310 e. The summed E-state index contributed by atoms with van der Waals surface area (Å²) in [5.41, 5.74) is -1.46. The van der Waals surface area contributed by atoms with Crippen molar-refractivity contribution in [1.82, 2.24) is 0 Å². The summed E-state index contributed by atoms with van der Waals surface area (Å²) >= 11 is 0. The Balaban J connectivity index is 1.65. The fourth-order valence-electron chi connectivity index (χ4n) is 11.0. The Bertz CT molecular complexity index is 952. The van der Waals surface area contributed by atoms with Crippen molar-refractivity contribution in [3.63, 3.8) is 0 Å². The largest absolute Gasteiger partial charge is 0.481 e. The highest BCUT2D eigenvalue weighted by Crippen LogP contribution is 2.76. The van der Waals surface area contributed by atoms with Crippen molar-refractivity contribution < 1.29 is 25.2 Å². The molecule has 0 amide bonds. The minimum atomic E-state index is -1.05. The van der Waals surface area contributed by atoms with Crippen LogP contribution < -0.4 is 0 Å². The zero-order valence-corrected chi connectivity index (χ0v) is 22.9. The Morgan fingerprint density at radius 3 is 2.23 bits per heavy atom. The molecule has 5 rings (SSSR count). The van der Waals surface area contributed by atoms with Gasteiger partial charge < -0.3 is 20.4 Å². The van der Waals surface area contributed by atoms with Crippen molar-refractivity contribution >= 4 is 5.97 Å². The first-order valence-electron chi connectivity index (χ1n) is 14.0. The Hall–Kier alpha value is -0.910. The lowest BCUT2D eigenvalue weighted by Crippen LogP contribution is -2.68. The topological polar surface area (TPSA) is 98.0 Å². The lowest BCUT2D eigenvalue weighted by molar-refractivity contribution is -0.237. The van der Waals surface area contributed by atoms with Gasteiger partial charge in [0.15, 0.2) is 0 Å². The molecule has 198 valence electrons. The summed E-state index contributed by atoms with van der Waals surface area (Å²) < 4.78 is 0. The van der Waals surface area contributed by atoms with Crippen LogP contribution in [0, 0.1) is 50.7 Å². The summed E-state index contributed by atoms with van der Waals surface area (Å²) in [6.45, 7) is 15.3. The van der Waals surface area contributed by atoms with Gasteiger partial charge in [-0.3, -0.25) is 4.79 Å². The maximum atomic E-state index is 12.8. The van der Waals surface area contributed by atoms with Gasteiger partial charge in [-0.2, -0.15) is 0 Å². The van der Waals surface area contributed by atoms with Crippen LogP contribution in [0.15, 0.2) is 11.6 Å². The van der Waals surface area contributed by atoms with Crippen molar-refractivity contribution in [3.05, 3.63) is 11.6 Å². The van der Waals surface area contributed by atoms with Crippen LogP contribution in [0.2, 0.25) is 0 Å². The van der Waals surface area contributed by atoms with Crippen LogP contribution in [-0.4, -0.2) is 44.2 Å². The summed E-state index contributed by atoms with van der Waals surface area (Å²) in [4.78, 5) is 12.8. The van der Waals surface area contributed by atoms with Gasteiger partial charge in [-0.1, -0.05) is 53.2 Å². The Kier molecular flexibility index (Phi) is 5.40. The van der Waals surface area contributed by atoms with E-state index in [1.165, 1.54) is 5.57 Å². The number of hydrogen-bond donors (Lipinski definition) is 4. The third-order valence-corrected chi connectivity index (χ3v) is 13.4. The van der Waals surface area contributed by atoms with Gasteiger partial charge in [0.2, 0.25) is 0 Å². The normalized spacial score (nSPS) is 57.1. The van der Waals surface area contributed by atoms with Crippen molar-refractivity contribution in [1.29, 1.82) is 0 Å². The number of rotatable bonds is 1. The van der Waals surface area contributed by atoms with Crippen molar-refractivity contribution in [2.75, 3.05) is 0 Å². The average molecular weight is 489 g/mol. The molecule has 0 bridgehead atoms. The summed E-state index contributed by atoms with van der Waals surface area (Å²) in [5.74, 6) is -0.394.